The van der Waals surface area contributed by atoms with Gasteiger partial charge in [-0.25, -0.2) is 0 Å². The molecule has 0 radical (unpaired) electrons. The minimum atomic E-state index is -4.45. The highest BCUT2D eigenvalue weighted by Gasteiger charge is 2.54. The lowest BCUT2D eigenvalue weighted by Gasteiger charge is -2.45. The highest BCUT2D eigenvalue weighted by atomic mass is 19.4. The topological polar surface area (TPSA) is 20.2 Å². The Morgan fingerprint density at radius 1 is 1.42 bits per heavy atom. The van der Waals surface area contributed by atoms with Crippen LogP contribution in [0.2, 0.25) is 0 Å². The third kappa shape index (κ3) is 1.44. The molecule has 0 saturated heterocycles. The van der Waals surface area contributed by atoms with E-state index in [9.17, 15) is 13.2 Å². The summed E-state index contributed by atoms with van der Waals surface area (Å²) in [6.07, 6.45) is -4.34. The number of alkyl halides is 3. The zero-order chi connectivity index (χ0) is 9.41. The molecule has 0 aromatic rings. The Labute approximate surface area is 69.6 Å². The highest BCUT2D eigenvalue weighted by Crippen LogP contribution is 2.50. The standard InChI is InChI=1S/C8H13F3O/c1-2-7(4-3-5-7)6(12)8(9,10)11/h6,12H,2-5H2,1H3/t6-/m1/s1. The summed E-state index contributed by atoms with van der Waals surface area (Å²) >= 11 is 0. The molecule has 0 spiro atoms. The third-order valence-corrected chi connectivity index (χ3v) is 2.94. The second-order valence-corrected chi connectivity index (χ2v) is 3.51. The van der Waals surface area contributed by atoms with Crippen molar-refractivity contribution in [2.45, 2.75) is 44.9 Å². The van der Waals surface area contributed by atoms with Crippen LogP contribution in [0.4, 0.5) is 13.2 Å². The van der Waals surface area contributed by atoms with Crippen LogP contribution < -0.4 is 0 Å². The zero-order valence-electron chi connectivity index (χ0n) is 6.99. The lowest BCUT2D eigenvalue weighted by molar-refractivity contribution is -0.252. The average Bonchev–Trinajstić information content (AvgIpc) is 1.84. The summed E-state index contributed by atoms with van der Waals surface area (Å²) < 4.78 is 36.3. The second kappa shape index (κ2) is 2.91. The molecule has 0 aromatic heterocycles. The maximum atomic E-state index is 12.1. The first kappa shape index (κ1) is 9.84. The van der Waals surface area contributed by atoms with Crippen molar-refractivity contribution in [1.29, 1.82) is 0 Å². The van der Waals surface area contributed by atoms with Gasteiger partial charge < -0.3 is 5.11 Å². The van der Waals surface area contributed by atoms with Crippen molar-refractivity contribution in [2.75, 3.05) is 0 Å². The molecule has 1 atom stereocenters. The lowest BCUT2D eigenvalue weighted by Crippen LogP contribution is -2.49. The molecule has 0 unspecified atom stereocenters. The quantitative estimate of drug-likeness (QED) is 0.695. The molecule has 12 heavy (non-hydrogen) atoms. The van der Waals surface area contributed by atoms with Gasteiger partial charge in [0.25, 0.3) is 0 Å². The summed E-state index contributed by atoms with van der Waals surface area (Å²) in [7, 11) is 0. The van der Waals surface area contributed by atoms with Crippen molar-refractivity contribution < 1.29 is 18.3 Å². The van der Waals surface area contributed by atoms with Crippen LogP contribution in [-0.4, -0.2) is 17.4 Å². The molecule has 1 aliphatic carbocycles. The van der Waals surface area contributed by atoms with Crippen LogP contribution in [0.5, 0.6) is 0 Å². The molecule has 1 nitrogen and oxygen atoms in total. The Morgan fingerprint density at radius 3 is 2.00 bits per heavy atom. The summed E-state index contributed by atoms with van der Waals surface area (Å²) in [4.78, 5) is 0. The van der Waals surface area contributed by atoms with Gasteiger partial charge in [-0.2, -0.15) is 13.2 Å². The number of aliphatic hydroxyl groups excluding tert-OH is 1. The van der Waals surface area contributed by atoms with Gasteiger partial charge in [-0.3, -0.25) is 0 Å². The Bertz CT molecular complexity index is 155. The Morgan fingerprint density at radius 2 is 1.92 bits per heavy atom. The maximum absolute atomic E-state index is 12.1. The predicted octanol–water partition coefficient (Wildman–Crippen LogP) is 2.49. The van der Waals surface area contributed by atoms with Crippen molar-refractivity contribution in [3.63, 3.8) is 0 Å². The zero-order valence-corrected chi connectivity index (χ0v) is 6.99. The van der Waals surface area contributed by atoms with Gasteiger partial charge in [-0.05, 0) is 19.3 Å². The predicted molar refractivity (Wildman–Crippen MR) is 38.6 cm³/mol. The van der Waals surface area contributed by atoms with Crippen molar-refractivity contribution in [2.24, 2.45) is 5.41 Å². The van der Waals surface area contributed by atoms with Gasteiger partial charge in [0.15, 0.2) is 6.10 Å². The van der Waals surface area contributed by atoms with E-state index in [0.717, 1.165) is 6.42 Å². The molecular formula is C8H13F3O. The first-order chi connectivity index (χ1) is 5.42. The molecule has 1 N–H and O–H groups in total. The van der Waals surface area contributed by atoms with Gasteiger partial charge in [0.05, 0.1) is 0 Å². The smallest absolute Gasteiger partial charge is 0.383 e. The monoisotopic (exact) mass is 182 g/mol. The highest BCUT2D eigenvalue weighted by molar-refractivity contribution is 4.95. The van der Waals surface area contributed by atoms with E-state index < -0.39 is 17.7 Å². The van der Waals surface area contributed by atoms with Gasteiger partial charge in [0.1, 0.15) is 0 Å². The summed E-state index contributed by atoms with van der Waals surface area (Å²) in [6, 6.07) is 0. The molecule has 0 bridgehead atoms. The number of hydrogen-bond acceptors (Lipinski definition) is 1. The van der Waals surface area contributed by atoms with Crippen molar-refractivity contribution in [3.05, 3.63) is 0 Å². The summed E-state index contributed by atoms with van der Waals surface area (Å²) in [5.41, 5.74) is -0.863. The number of hydrogen-bond donors (Lipinski definition) is 1. The molecule has 1 rings (SSSR count). The molecule has 0 heterocycles. The molecule has 1 aliphatic rings. The van der Waals surface area contributed by atoms with Crippen LogP contribution in [0.3, 0.4) is 0 Å². The number of rotatable bonds is 2. The van der Waals surface area contributed by atoms with Crippen LogP contribution in [0, 0.1) is 5.41 Å². The minimum Gasteiger partial charge on any atom is -0.383 e. The van der Waals surface area contributed by atoms with E-state index in [1.807, 2.05) is 0 Å². The molecule has 0 amide bonds. The van der Waals surface area contributed by atoms with Gasteiger partial charge in [0.2, 0.25) is 0 Å². The van der Waals surface area contributed by atoms with E-state index in [-0.39, 0.29) is 0 Å². The molecular weight excluding hydrogens is 169 g/mol. The van der Waals surface area contributed by atoms with Crippen LogP contribution in [-0.2, 0) is 0 Å². The van der Waals surface area contributed by atoms with E-state index in [1.54, 1.807) is 6.92 Å². The molecule has 0 aromatic carbocycles. The van der Waals surface area contributed by atoms with Crippen molar-refractivity contribution in [1.82, 2.24) is 0 Å². The van der Waals surface area contributed by atoms with Crippen molar-refractivity contribution >= 4 is 0 Å². The summed E-state index contributed by atoms with van der Waals surface area (Å²) in [5.74, 6) is 0. The van der Waals surface area contributed by atoms with Gasteiger partial charge in [-0.15, -0.1) is 0 Å². The van der Waals surface area contributed by atoms with Gasteiger partial charge >= 0.3 is 6.18 Å². The SMILES string of the molecule is CCC1([C@@H](O)C(F)(F)F)CCC1. The molecule has 1 fully saturated rings. The van der Waals surface area contributed by atoms with E-state index in [4.69, 9.17) is 5.11 Å². The van der Waals surface area contributed by atoms with Crippen LogP contribution in [0.15, 0.2) is 0 Å². The molecule has 1 saturated carbocycles. The normalized spacial score (nSPS) is 24.8. The maximum Gasteiger partial charge on any atom is 0.414 e. The summed E-state index contributed by atoms with van der Waals surface area (Å²) in [6.45, 7) is 1.70. The van der Waals surface area contributed by atoms with Crippen LogP contribution in [0.25, 0.3) is 0 Å². The summed E-state index contributed by atoms with van der Waals surface area (Å²) in [5, 5.41) is 9.03. The van der Waals surface area contributed by atoms with Crippen LogP contribution >= 0.6 is 0 Å². The molecule has 0 aliphatic heterocycles. The average molecular weight is 182 g/mol. The van der Waals surface area contributed by atoms with E-state index in [2.05, 4.69) is 0 Å². The third-order valence-electron chi connectivity index (χ3n) is 2.94. The Hall–Kier alpha value is -0.250. The molecule has 72 valence electrons. The number of aliphatic hydroxyl groups is 1. The van der Waals surface area contributed by atoms with Crippen molar-refractivity contribution in [3.8, 4) is 0 Å². The Kier molecular flexibility index (Phi) is 2.38. The van der Waals surface area contributed by atoms with E-state index in [1.165, 1.54) is 0 Å². The number of halogens is 3. The van der Waals surface area contributed by atoms with Gasteiger partial charge in [-0.1, -0.05) is 13.3 Å². The fourth-order valence-corrected chi connectivity index (χ4v) is 1.80. The lowest BCUT2D eigenvalue weighted by atomic mass is 9.63. The first-order valence-electron chi connectivity index (χ1n) is 4.17. The Balaban J connectivity index is 2.67. The van der Waals surface area contributed by atoms with E-state index in [0.29, 0.717) is 19.3 Å². The van der Waals surface area contributed by atoms with Gasteiger partial charge in [0, 0.05) is 5.41 Å². The fourth-order valence-electron chi connectivity index (χ4n) is 1.80. The molecule has 4 heteroatoms. The first-order valence-corrected chi connectivity index (χ1v) is 4.17. The second-order valence-electron chi connectivity index (χ2n) is 3.51. The largest absolute Gasteiger partial charge is 0.414 e. The van der Waals surface area contributed by atoms with Crippen LogP contribution in [0.1, 0.15) is 32.6 Å². The minimum absolute atomic E-state index is 0.410. The van der Waals surface area contributed by atoms with E-state index >= 15 is 0 Å². The fraction of sp³-hybridized carbons (Fsp3) is 1.00.